The molecule has 0 unspecified atom stereocenters. The highest BCUT2D eigenvalue weighted by molar-refractivity contribution is 5.76. The predicted molar refractivity (Wildman–Crippen MR) is 61.1 cm³/mol. The molecule has 6 heteroatoms. The molecule has 6 nitrogen and oxygen atoms in total. The number of nitrogens with one attached hydrogen (secondary N) is 1. The topological polar surface area (TPSA) is 89.3 Å². The van der Waals surface area contributed by atoms with Crippen LogP contribution in [0, 0.1) is 6.92 Å². The van der Waals surface area contributed by atoms with Crippen LogP contribution in [0.4, 0.5) is 11.8 Å². The number of anilines is 2. The molecular weight excluding hydrogens is 206 g/mol. The van der Waals surface area contributed by atoms with Gasteiger partial charge in [0.25, 0.3) is 0 Å². The van der Waals surface area contributed by atoms with Gasteiger partial charge in [0, 0.05) is 11.8 Å². The molecule has 0 saturated carbocycles. The van der Waals surface area contributed by atoms with E-state index in [9.17, 15) is 0 Å². The van der Waals surface area contributed by atoms with E-state index in [1.165, 1.54) is 0 Å². The minimum absolute atomic E-state index is 0.218. The summed E-state index contributed by atoms with van der Waals surface area (Å²) in [5, 5.41) is 3.95. The molecule has 0 saturated heterocycles. The predicted octanol–water partition coefficient (Wildman–Crippen LogP) is 1.41. The van der Waals surface area contributed by atoms with Crippen LogP contribution in [-0.2, 0) is 0 Å². The molecule has 0 spiro atoms. The molecule has 2 aromatic heterocycles. The number of furan rings is 1. The van der Waals surface area contributed by atoms with Crippen LogP contribution < -0.4 is 11.2 Å². The smallest absolute Gasteiger partial charge is 0.222 e. The molecule has 0 radical (unpaired) electrons. The van der Waals surface area contributed by atoms with Crippen molar-refractivity contribution >= 4 is 18.0 Å². The first-order valence-electron chi connectivity index (χ1n) is 4.68. The highest BCUT2D eigenvalue weighted by Crippen LogP contribution is 2.06. The zero-order valence-corrected chi connectivity index (χ0v) is 8.71. The Bertz CT molecular complexity index is 472. The van der Waals surface area contributed by atoms with Crippen molar-refractivity contribution in [3.05, 3.63) is 35.9 Å². The molecule has 0 aliphatic carbocycles. The Morgan fingerprint density at radius 2 is 2.38 bits per heavy atom. The number of nitrogens with two attached hydrogens (primary N) is 1. The van der Waals surface area contributed by atoms with Crippen LogP contribution >= 0.6 is 0 Å². The van der Waals surface area contributed by atoms with Crippen LogP contribution in [0.1, 0.15) is 11.5 Å². The fraction of sp³-hybridized carbons (Fsp3) is 0.100. The molecule has 0 amide bonds. The van der Waals surface area contributed by atoms with E-state index in [0.717, 1.165) is 5.69 Å². The Labute approximate surface area is 92.2 Å². The molecular formula is C10H11N5O. The lowest BCUT2D eigenvalue weighted by atomic mass is 10.4. The second-order valence-electron chi connectivity index (χ2n) is 3.14. The van der Waals surface area contributed by atoms with Crippen molar-refractivity contribution in [3.63, 3.8) is 0 Å². The van der Waals surface area contributed by atoms with Crippen molar-refractivity contribution in [2.45, 2.75) is 6.92 Å². The zero-order valence-electron chi connectivity index (χ0n) is 8.71. The van der Waals surface area contributed by atoms with E-state index in [-0.39, 0.29) is 5.95 Å². The third-order valence-corrected chi connectivity index (χ3v) is 1.79. The summed E-state index contributed by atoms with van der Waals surface area (Å²) in [5.41, 5.74) is 9.02. The van der Waals surface area contributed by atoms with Gasteiger partial charge in [-0.25, -0.2) is 4.98 Å². The van der Waals surface area contributed by atoms with E-state index in [0.29, 0.717) is 11.6 Å². The largest absolute Gasteiger partial charge is 0.463 e. The first-order valence-corrected chi connectivity index (χ1v) is 4.68. The van der Waals surface area contributed by atoms with Gasteiger partial charge < -0.3 is 10.2 Å². The Kier molecular flexibility index (Phi) is 2.81. The summed E-state index contributed by atoms with van der Waals surface area (Å²) in [5.74, 6) is 1.43. The van der Waals surface area contributed by atoms with Gasteiger partial charge in [-0.2, -0.15) is 10.1 Å². The van der Waals surface area contributed by atoms with Crippen molar-refractivity contribution in [3.8, 4) is 0 Å². The van der Waals surface area contributed by atoms with E-state index < -0.39 is 0 Å². The molecule has 0 aliphatic heterocycles. The molecule has 3 N–H and O–H groups in total. The third-order valence-electron chi connectivity index (χ3n) is 1.79. The molecule has 0 aromatic carbocycles. The van der Waals surface area contributed by atoms with Gasteiger partial charge in [-0.3, -0.25) is 5.43 Å². The van der Waals surface area contributed by atoms with Crippen molar-refractivity contribution in [2.75, 3.05) is 11.2 Å². The number of hydrazone groups is 1. The number of hydrogen-bond acceptors (Lipinski definition) is 6. The van der Waals surface area contributed by atoms with Crippen molar-refractivity contribution < 1.29 is 4.42 Å². The van der Waals surface area contributed by atoms with Crippen LogP contribution in [0.15, 0.2) is 34.0 Å². The third kappa shape index (κ3) is 2.57. The normalized spacial score (nSPS) is 10.8. The van der Waals surface area contributed by atoms with E-state index in [1.807, 2.05) is 6.92 Å². The van der Waals surface area contributed by atoms with Crippen molar-refractivity contribution in [1.82, 2.24) is 9.97 Å². The van der Waals surface area contributed by atoms with E-state index in [1.54, 1.807) is 30.7 Å². The molecule has 0 aliphatic rings. The minimum Gasteiger partial charge on any atom is -0.463 e. The van der Waals surface area contributed by atoms with Crippen LogP contribution in [0.3, 0.4) is 0 Å². The summed E-state index contributed by atoms with van der Waals surface area (Å²) in [6.07, 6.45) is 3.13. The maximum Gasteiger partial charge on any atom is 0.222 e. The highest BCUT2D eigenvalue weighted by Gasteiger charge is 1.97. The molecule has 16 heavy (non-hydrogen) atoms. The average molecular weight is 217 g/mol. The van der Waals surface area contributed by atoms with Gasteiger partial charge in [0.2, 0.25) is 5.95 Å². The van der Waals surface area contributed by atoms with Crippen LogP contribution in [-0.4, -0.2) is 16.2 Å². The summed E-state index contributed by atoms with van der Waals surface area (Å²) >= 11 is 0. The SMILES string of the molecule is Cc1cc(N/N=C\c2ccco2)nc(N)n1. The van der Waals surface area contributed by atoms with Crippen LogP contribution in [0.25, 0.3) is 0 Å². The van der Waals surface area contributed by atoms with E-state index in [4.69, 9.17) is 10.2 Å². The average Bonchev–Trinajstić information content (AvgIpc) is 2.69. The first kappa shape index (κ1) is 10.2. The van der Waals surface area contributed by atoms with Gasteiger partial charge >= 0.3 is 0 Å². The second kappa shape index (κ2) is 4.43. The quantitative estimate of drug-likeness (QED) is 0.599. The fourth-order valence-electron chi connectivity index (χ4n) is 1.18. The number of nitrogen functional groups attached to an aromatic ring is 1. The standard InChI is InChI=1S/C10H11N5O/c1-7-5-9(14-10(11)13-7)15-12-6-8-3-2-4-16-8/h2-6H,1H3,(H3,11,13,14,15)/b12-6-. The summed E-state index contributed by atoms with van der Waals surface area (Å²) in [7, 11) is 0. The lowest BCUT2D eigenvalue weighted by molar-refractivity contribution is 0.560. The Balaban J connectivity index is 2.04. The Morgan fingerprint density at radius 3 is 3.06 bits per heavy atom. The fourth-order valence-corrected chi connectivity index (χ4v) is 1.18. The van der Waals surface area contributed by atoms with Gasteiger partial charge in [-0.15, -0.1) is 0 Å². The second-order valence-corrected chi connectivity index (χ2v) is 3.14. The summed E-state index contributed by atoms with van der Waals surface area (Å²) in [6, 6.07) is 5.33. The summed E-state index contributed by atoms with van der Waals surface area (Å²) in [6.45, 7) is 1.83. The molecule has 2 heterocycles. The minimum atomic E-state index is 0.218. The molecule has 0 bridgehead atoms. The van der Waals surface area contributed by atoms with Gasteiger partial charge in [0.05, 0.1) is 12.5 Å². The molecule has 0 fully saturated rings. The number of rotatable bonds is 3. The maximum atomic E-state index is 5.49. The van der Waals surface area contributed by atoms with Crippen LogP contribution in [0.2, 0.25) is 0 Å². The Hall–Kier alpha value is -2.37. The van der Waals surface area contributed by atoms with E-state index >= 15 is 0 Å². The maximum absolute atomic E-state index is 5.49. The Morgan fingerprint density at radius 1 is 1.50 bits per heavy atom. The zero-order chi connectivity index (χ0) is 11.4. The van der Waals surface area contributed by atoms with Crippen molar-refractivity contribution in [2.24, 2.45) is 5.10 Å². The van der Waals surface area contributed by atoms with E-state index in [2.05, 4.69) is 20.5 Å². The first-order chi connectivity index (χ1) is 7.74. The number of aromatic nitrogens is 2. The van der Waals surface area contributed by atoms with Gasteiger partial charge in [-0.05, 0) is 19.1 Å². The van der Waals surface area contributed by atoms with Crippen molar-refractivity contribution in [1.29, 1.82) is 0 Å². The van der Waals surface area contributed by atoms with Gasteiger partial charge in [0.15, 0.2) is 5.82 Å². The van der Waals surface area contributed by atoms with Gasteiger partial charge in [-0.1, -0.05) is 0 Å². The molecule has 2 rings (SSSR count). The highest BCUT2D eigenvalue weighted by atomic mass is 16.3. The molecule has 2 aromatic rings. The lowest BCUT2D eigenvalue weighted by Gasteiger charge is -2.00. The number of aryl methyl sites for hydroxylation is 1. The summed E-state index contributed by atoms with van der Waals surface area (Å²) < 4.78 is 5.07. The summed E-state index contributed by atoms with van der Waals surface area (Å²) in [4.78, 5) is 7.91. The number of nitrogens with zero attached hydrogens (tertiary/aromatic N) is 3. The number of hydrogen-bond donors (Lipinski definition) is 2. The van der Waals surface area contributed by atoms with Gasteiger partial charge in [0.1, 0.15) is 5.76 Å². The molecule has 82 valence electrons. The lowest BCUT2D eigenvalue weighted by Crippen LogP contribution is -2.00. The van der Waals surface area contributed by atoms with Crippen LogP contribution in [0.5, 0.6) is 0 Å². The molecule has 0 atom stereocenters. The monoisotopic (exact) mass is 217 g/mol.